The molecule has 1 aromatic carbocycles. The molecular weight excluding hydrogens is 312 g/mol. The SMILES string of the molecule is Cc1ccc(-c2cc(C(=O)N3CCCC3)c3c(C)nn(C)c3n2)cc1. The topological polar surface area (TPSA) is 51.0 Å². The van der Waals surface area contributed by atoms with E-state index in [4.69, 9.17) is 4.98 Å². The second-order valence-corrected chi connectivity index (χ2v) is 6.83. The van der Waals surface area contributed by atoms with Gasteiger partial charge in [-0.05, 0) is 32.8 Å². The molecule has 4 rings (SSSR count). The fraction of sp³-hybridized carbons (Fsp3) is 0.350. The third-order valence-corrected chi connectivity index (χ3v) is 4.94. The van der Waals surface area contributed by atoms with Crippen molar-refractivity contribution >= 4 is 16.9 Å². The van der Waals surface area contributed by atoms with Crippen molar-refractivity contribution in [3.63, 3.8) is 0 Å². The predicted octanol–water partition coefficient (Wildman–Crippen LogP) is 3.49. The van der Waals surface area contributed by atoms with Gasteiger partial charge in [0, 0.05) is 25.7 Å². The highest BCUT2D eigenvalue weighted by Crippen LogP contribution is 2.28. The van der Waals surface area contributed by atoms with Gasteiger partial charge in [-0.15, -0.1) is 0 Å². The Kier molecular flexibility index (Phi) is 3.79. The van der Waals surface area contributed by atoms with Crippen molar-refractivity contribution in [1.82, 2.24) is 19.7 Å². The molecule has 5 heteroatoms. The lowest BCUT2D eigenvalue weighted by molar-refractivity contribution is 0.0794. The minimum Gasteiger partial charge on any atom is -0.339 e. The summed E-state index contributed by atoms with van der Waals surface area (Å²) in [7, 11) is 1.88. The van der Waals surface area contributed by atoms with Crippen molar-refractivity contribution in [2.45, 2.75) is 26.7 Å². The zero-order chi connectivity index (χ0) is 17.6. The van der Waals surface area contributed by atoms with Gasteiger partial charge in [0.15, 0.2) is 5.65 Å². The van der Waals surface area contributed by atoms with E-state index in [1.807, 2.05) is 24.9 Å². The second kappa shape index (κ2) is 5.99. The minimum absolute atomic E-state index is 0.0920. The number of amides is 1. The number of nitrogens with zero attached hydrogens (tertiary/aromatic N) is 4. The second-order valence-electron chi connectivity index (χ2n) is 6.83. The van der Waals surface area contributed by atoms with E-state index >= 15 is 0 Å². The molecule has 3 heterocycles. The molecule has 1 amide bonds. The average molecular weight is 334 g/mol. The summed E-state index contributed by atoms with van der Waals surface area (Å²) in [4.78, 5) is 19.9. The predicted molar refractivity (Wildman–Crippen MR) is 98.6 cm³/mol. The van der Waals surface area contributed by atoms with Gasteiger partial charge in [-0.25, -0.2) is 4.98 Å². The molecule has 0 N–H and O–H groups in total. The molecule has 1 saturated heterocycles. The summed E-state index contributed by atoms with van der Waals surface area (Å²) in [6, 6.07) is 10.2. The number of fused-ring (bicyclic) bond motifs is 1. The van der Waals surface area contributed by atoms with Crippen LogP contribution in [0.2, 0.25) is 0 Å². The lowest BCUT2D eigenvalue weighted by Crippen LogP contribution is -2.28. The number of aromatic nitrogens is 3. The number of aryl methyl sites for hydroxylation is 3. The summed E-state index contributed by atoms with van der Waals surface area (Å²) in [5.41, 5.74) is 5.36. The summed E-state index contributed by atoms with van der Waals surface area (Å²) in [5, 5.41) is 5.36. The average Bonchev–Trinajstić information content (AvgIpc) is 3.23. The van der Waals surface area contributed by atoms with E-state index in [-0.39, 0.29) is 5.91 Å². The third kappa shape index (κ3) is 2.69. The Bertz CT molecular complexity index is 950. The molecule has 2 aromatic heterocycles. The highest BCUT2D eigenvalue weighted by atomic mass is 16.2. The Morgan fingerprint density at radius 1 is 1.08 bits per heavy atom. The largest absolute Gasteiger partial charge is 0.339 e. The molecule has 0 spiro atoms. The van der Waals surface area contributed by atoms with E-state index in [1.165, 1.54) is 5.56 Å². The molecular formula is C20H22N4O. The normalized spacial score (nSPS) is 14.4. The highest BCUT2D eigenvalue weighted by molar-refractivity contribution is 6.07. The number of rotatable bonds is 2. The first-order valence-electron chi connectivity index (χ1n) is 8.75. The van der Waals surface area contributed by atoms with E-state index < -0.39 is 0 Å². The van der Waals surface area contributed by atoms with Crippen molar-refractivity contribution in [1.29, 1.82) is 0 Å². The van der Waals surface area contributed by atoms with Gasteiger partial charge in [-0.3, -0.25) is 9.48 Å². The van der Waals surface area contributed by atoms with Crippen LogP contribution in [0.4, 0.5) is 0 Å². The number of carbonyl (C=O) groups is 1. The van der Waals surface area contributed by atoms with Crippen LogP contribution in [-0.2, 0) is 7.05 Å². The standard InChI is InChI=1S/C20H22N4O/c1-13-6-8-15(9-7-13)17-12-16(20(25)24-10-4-5-11-24)18-14(2)22-23(3)19(18)21-17/h6-9,12H,4-5,10-11H2,1-3H3. The van der Waals surface area contributed by atoms with Crippen molar-refractivity contribution < 1.29 is 4.79 Å². The maximum atomic E-state index is 13.1. The molecule has 0 atom stereocenters. The van der Waals surface area contributed by atoms with Crippen LogP contribution in [0.15, 0.2) is 30.3 Å². The molecule has 0 saturated carbocycles. The molecule has 0 aliphatic carbocycles. The Morgan fingerprint density at radius 3 is 2.44 bits per heavy atom. The van der Waals surface area contributed by atoms with Crippen molar-refractivity contribution in [3.05, 3.63) is 47.2 Å². The van der Waals surface area contributed by atoms with Gasteiger partial charge in [0.1, 0.15) is 0 Å². The van der Waals surface area contributed by atoms with E-state index in [1.54, 1.807) is 4.68 Å². The monoisotopic (exact) mass is 334 g/mol. The molecule has 5 nitrogen and oxygen atoms in total. The van der Waals surface area contributed by atoms with Crippen LogP contribution in [0.3, 0.4) is 0 Å². The number of hydrogen-bond acceptors (Lipinski definition) is 3. The quantitative estimate of drug-likeness (QED) is 0.721. The molecule has 25 heavy (non-hydrogen) atoms. The Balaban J connectivity index is 1.92. The summed E-state index contributed by atoms with van der Waals surface area (Å²) in [6.07, 6.45) is 2.16. The van der Waals surface area contributed by atoms with Gasteiger partial charge >= 0.3 is 0 Å². The van der Waals surface area contributed by atoms with Crippen LogP contribution in [-0.4, -0.2) is 38.7 Å². The van der Waals surface area contributed by atoms with Crippen molar-refractivity contribution in [3.8, 4) is 11.3 Å². The first-order chi connectivity index (χ1) is 12.0. The number of hydrogen-bond donors (Lipinski definition) is 0. The lowest BCUT2D eigenvalue weighted by atomic mass is 10.0. The van der Waals surface area contributed by atoms with Crippen LogP contribution in [0.5, 0.6) is 0 Å². The van der Waals surface area contributed by atoms with Gasteiger partial charge in [0.05, 0.1) is 22.3 Å². The molecule has 3 aromatic rings. The van der Waals surface area contributed by atoms with E-state index in [0.29, 0.717) is 5.56 Å². The van der Waals surface area contributed by atoms with Crippen molar-refractivity contribution in [2.75, 3.05) is 13.1 Å². The van der Waals surface area contributed by atoms with E-state index in [2.05, 4.69) is 36.3 Å². The number of likely N-dealkylation sites (tertiary alicyclic amines) is 1. The minimum atomic E-state index is 0.0920. The molecule has 0 radical (unpaired) electrons. The maximum absolute atomic E-state index is 13.1. The lowest BCUT2D eigenvalue weighted by Gasteiger charge is -2.16. The van der Waals surface area contributed by atoms with E-state index in [0.717, 1.165) is 53.9 Å². The Morgan fingerprint density at radius 2 is 1.76 bits per heavy atom. The molecule has 0 unspecified atom stereocenters. The van der Waals surface area contributed by atoms with Crippen LogP contribution in [0, 0.1) is 13.8 Å². The summed E-state index contributed by atoms with van der Waals surface area (Å²) >= 11 is 0. The molecule has 128 valence electrons. The Hall–Kier alpha value is -2.69. The van der Waals surface area contributed by atoms with Crippen molar-refractivity contribution in [2.24, 2.45) is 7.05 Å². The van der Waals surface area contributed by atoms with Gasteiger partial charge in [0.25, 0.3) is 5.91 Å². The molecule has 1 fully saturated rings. The number of benzene rings is 1. The van der Waals surface area contributed by atoms with Gasteiger partial charge < -0.3 is 4.90 Å². The van der Waals surface area contributed by atoms with Crippen LogP contribution < -0.4 is 0 Å². The van der Waals surface area contributed by atoms with Crippen LogP contribution in [0.25, 0.3) is 22.3 Å². The zero-order valence-corrected chi connectivity index (χ0v) is 14.9. The van der Waals surface area contributed by atoms with Gasteiger partial charge in [-0.2, -0.15) is 5.10 Å². The smallest absolute Gasteiger partial charge is 0.254 e. The van der Waals surface area contributed by atoms with Gasteiger partial charge in [0.2, 0.25) is 0 Å². The number of carbonyl (C=O) groups excluding carboxylic acids is 1. The maximum Gasteiger partial charge on any atom is 0.254 e. The molecule has 1 aliphatic rings. The fourth-order valence-corrected chi connectivity index (χ4v) is 3.58. The van der Waals surface area contributed by atoms with Crippen LogP contribution in [0.1, 0.15) is 34.5 Å². The zero-order valence-electron chi connectivity index (χ0n) is 14.9. The highest BCUT2D eigenvalue weighted by Gasteiger charge is 2.25. The summed E-state index contributed by atoms with van der Waals surface area (Å²) in [6.45, 7) is 5.67. The Labute approximate surface area is 147 Å². The first kappa shape index (κ1) is 15.8. The van der Waals surface area contributed by atoms with E-state index in [9.17, 15) is 4.79 Å². The van der Waals surface area contributed by atoms with Gasteiger partial charge in [-0.1, -0.05) is 29.8 Å². The third-order valence-electron chi connectivity index (χ3n) is 4.94. The summed E-state index contributed by atoms with van der Waals surface area (Å²) in [5.74, 6) is 0.0920. The molecule has 0 bridgehead atoms. The number of pyridine rings is 1. The summed E-state index contributed by atoms with van der Waals surface area (Å²) < 4.78 is 1.77. The molecule has 1 aliphatic heterocycles. The first-order valence-corrected chi connectivity index (χ1v) is 8.75. The fourth-order valence-electron chi connectivity index (χ4n) is 3.58. The van der Waals surface area contributed by atoms with Crippen LogP contribution >= 0.6 is 0 Å².